The maximum absolute atomic E-state index is 5.23. The summed E-state index contributed by atoms with van der Waals surface area (Å²) in [4.78, 5) is 0. The standard InChI is InChI=1S/C4H9ClN2/c1-3(2)4(6)7-5/h3H,1-2H3,(H2,6,7). The van der Waals surface area contributed by atoms with Gasteiger partial charge in [0.2, 0.25) is 0 Å². The Morgan fingerprint density at radius 2 is 2.14 bits per heavy atom. The minimum atomic E-state index is 0.262. The monoisotopic (exact) mass is 120 g/mol. The molecule has 0 aliphatic heterocycles. The number of nitrogens with zero attached hydrogens (tertiary/aromatic N) is 1. The van der Waals surface area contributed by atoms with Crippen molar-refractivity contribution in [1.82, 2.24) is 0 Å². The molecule has 2 N–H and O–H groups in total. The van der Waals surface area contributed by atoms with Crippen LogP contribution in [0.3, 0.4) is 0 Å². The van der Waals surface area contributed by atoms with Gasteiger partial charge in [0.05, 0.1) is 0 Å². The highest BCUT2D eigenvalue weighted by Gasteiger charge is 1.94. The molecule has 0 amide bonds. The van der Waals surface area contributed by atoms with Crippen LogP contribution in [0, 0.1) is 5.92 Å². The van der Waals surface area contributed by atoms with Crippen LogP contribution in [-0.4, -0.2) is 5.84 Å². The van der Waals surface area contributed by atoms with E-state index in [-0.39, 0.29) is 5.92 Å². The topological polar surface area (TPSA) is 38.4 Å². The summed E-state index contributed by atoms with van der Waals surface area (Å²) in [6.07, 6.45) is 0. The molecule has 0 aromatic carbocycles. The van der Waals surface area contributed by atoms with Crippen LogP contribution in [0.15, 0.2) is 4.51 Å². The normalized spacial score (nSPS) is 12.9. The van der Waals surface area contributed by atoms with Crippen LogP contribution in [0.4, 0.5) is 0 Å². The molecule has 0 heterocycles. The van der Waals surface area contributed by atoms with E-state index >= 15 is 0 Å². The predicted octanol–water partition coefficient (Wildman–Crippen LogP) is 1.15. The fourth-order valence-corrected chi connectivity index (χ4v) is 0.293. The van der Waals surface area contributed by atoms with Crippen LogP contribution >= 0.6 is 11.8 Å². The van der Waals surface area contributed by atoms with Gasteiger partial charge in [0.1, 0.15) is 5.84 Å². The average molecular weight is 121 g/mol. The number of amidine groups is 1. The summed E-state index contributed by atoms with van der Waals surface area (Å²) in [6, 6.07) is 0. The zero-order valence-corrected chi connectivity index (χ0v) is 5.24. The minimum absolute atomic E-state index is 0.262. The lowest BCUT2D eigenvalue weighted by atomic mass is 10.2. The van der Waals surface area contributed by atoms with Crippen molar-refractivity contribution in [2.24, 2.45) is 16.2 Å². The summed E-state index contributed by atoms with van der Waals surface area (Å²) >= 11 is 5.01. The molecule has 0 rings (SSSR count). The SMILES string of the molecule is CC(C)/C(N)=N/Cl. The molecular formula is C4H9ClN2. The molecule has 0 aliphatic rings. The quantitative estimate of drug-likeness (QED) is 0.409. The molecular weight excluding hydrogens is 112 g/mol. The van der Waals surface area contributed by atoms with E-state index in [1.54, 1.807) is 0 Å². The van der Waals surface area contributed by atoms with Crippen molar-refractivity contribution < 1.29 is 0 Å². The fraction of sp³-hybridized carbons (Fsp3) is 0.750. The van der Waals surface area contributed by atoms with Gasteiger partial charge in [0, 0.05) is 17.7 Å². The van der Waals surface area contributed by atoms with Gasteiger partial charge in [-0.05, 0) is 0 Å². The van der Waals surface area contributed by atoms with Crippen molar-refractivity contribution in [3.8, 4) is 0 Å². The van der Waals surface area contributed by atoms with E-state index in [2.05, 4.69) is 4.51 Å². The zero-order valence-electron chi connectivity index (χ0n) is 4.48. The Balaban J connectivity index is 3.56. The highest BCUT2D eigenvalue weighted by Crippen LogP contribution is 1.91. The first kappa shape index (κ1) is 6.76. The smallest absolute Gasteiger partial charge is 0.116 e. The summed E-state index contributed by atoms with van der Waals surface area (Å²) in [5.74, 6) is 0.749. The van der Waals surface area contributed by atoms with Crippen LogP contribution in [0.1, 0.15) is 13.8 Å². The summed E-state index contributed by atoms with van der Waals surface area (Å²) in [7, 11) is 0. The van der Waals surface area contributed by atoms with Crippen LogP contribution in [0.5, 0.6) is 0 Å². The fourth-order valence-electron chi connectivity index (χ4n) is 0.0976. The molecule has 0 atom stereocenters. The second kappa shape index (κ2) is 2.86. The third-order valence-electron chi connectivity index (χ3n) is 0.689. The Hall–Kier alpha value is -0.240. The molecule has 0 fully saturated rings. The van der Waals surface area contributed by atoms with Crippen molar-refractivity contribution in [3.63, 3.8) is 0 Å². The highest BCUT2D eigenvalue weighted by molar-refractivity contribution is 6.19. The summed E-state index contributed by atoms with van der Waals surface area (Å²) in [5.41, 5.74) is 5.23. The molecule has 0 spiro atoms. The Bertz CT molecular complexity index is 77.8. The largest absolute Gasteiger partial charge is 0.386 e. The van der Waals surface area contributed by atoms with E-state index in [0.29, 0.717) is 5.84 Å². The molecule has 0 bridgehead atoms. The van der Waals surface area contributed by atoms with E-state index in [1.807, 2.05) is 13.8 Å². The number of hydrogen-bond donors (Lipinski definition) is 1. The molecule has 0 aromatic rings. The summed E-state index contributed by atoms with van der Waals surface area (Å²) in [5, 5.41) is 0. The van der Waals surface area contributed by atoms with Gasteiger partial charge in [-0.1, -0.05) is 13.8 Å². The van der Waals surface area contributed by atoms with Crippen molar-refractivity contribution in [3.05, 3.63) is 0 Å². The van der Waals surface area contributed by atoms with E-state index in [9.17, 15) is 0 Å². The predicted molar refractivity (Wildman–Crippen MR) is 32.3 cm³/mol. The van der Waals surface area contributed by atoms with E-state index in [1.165, 1.54) is 0 Å². The van der Waals surface area contributed by atoms with E-state index in [0.717, 1.165) is 0 Å². The van der Waals surface area contributed by atoms with Gasteiger partial charge >= 0.3 is 0 Å². The van der Waals surface area contributed by atoms with Gasteiger partial charge in [-0.2, -0.15) is 4.51 Å². The lowest BCUT2D eigenvalue weighted by Gasteiger charge is -1.97. The maximum Gasteiger partial charge on any atom is 0.116 e. The minimum Gasteiger partial charge on any atom is -0.386 e. The summed E-state index contributed by atoms with van der Waals surface area (Å²) in [6.45, 7) is 3.86. The van der Waals surface area contributed by atoms with Crippen LogP contribution in [0.25, 0.3) is 0 Å². The van der Waals surface area contributed by atoms with Crippen LogP contribution in [0.2, 0.25) is 0 Å². The molecule has 3 heteroatoms. The molecule has 2 nitrogen and oxygen atoms in total. The van der Waals surface area contributed by atoms with Crippen molar-refractivity contribution >= 4 is 17.6 Å². The molecule has 0 saturated carbocycles. The Labute approximate surface area is 48.5 Å². The van der Waals surface area contributed by atoms with Crippen molar-refractivity contribution in [2.75, 3.05) is 0 Å². The summed E-state index contributed by atoms with van der Waals surface area (Å²) < 4.78 is 3.25. The van der Waals surface area contributed by atoms with Gasteiger partial charge < -0.3 is 5.73 Å². The Morgan fingerprint density at radius 3 is 2.14 bits per heavy atom. The number of rotatable bonds is 1. The second-order valence-corrected chi connectivity index (χ2v) is 1.83. The maximum atomic E-state index is 5.23. The molecule has 0 radical (unpaired) electrons. The lowest BCUT2D eigenvalue weighted by Crippen LogP contribution is -2.17. The van der Waals surface area contributed by atoms with Gasteiger partial charge in [-0.25, -0.2) is 0 Å². The third kappa shape index (κ3) is 2.45. The first-order valence-electron chi connectivity index (χ1n) is 2.12. The average Bonchev–Trinajstić information content (AvgIpc) is 1.65. The molecule has 0 aliphatic carbocycles. The van der Waals surface area contributed by atoms with E-state index < -0.39 is 0 Å². The van der Waals surface area contributed by atoms with Crippen molar-refractivity contribution in [2.45, 2.75) is 13.8 Å². The lowest BCUT2D eigenvalue weighted by molar-refractivity contribution is 0.876. The Morgan fingerprint density at radius 1 is 1.71 bits per heavy atom. The zero-order chi connectivity index (χ0) is 5.86. The van der Waals surface area contributed by atoms with Gasteiger partial charge in [-0.15, -0.1) is 0 Å². The molecule has 0 unspecified atom stereocenters. The van der Waals surface area contributed by atoms with Gasteiger partial charge in [-0.3, -0.25) is 0 Å². The molecule has 0 saturated heterocycles. The first-order chi connectivity index (χ1) is 3.18. The Kier molecular flexibility index (Phi) is 2.76. The number of halogens is 1. The molecule has 42 valence electrons. The highest BCUT2D eigenvalue weighted by atomic mass is 35.5. The number of hydrogen-bond acceptors (Lipinski definition) is 1. The van der Waals surface area contributed by atoms with E-state index in [4.69, 9.17) is 17.5 Å². The second-order valence-electron chi connectivity index (χ2n) is 1.66. The van der Waals surface area contributed by atoms with Crippen LogP contribution < -0.4 is 5.73 Å². The van der Waals surface area contributed by atoms with Gasteiger partial charge in [0.25, 0.3) is 0 Å². The molecule has 0 aromatic heterocycles. The molecule has 7 heavy (non-hydrogen) atoms. The number of nitrogens with two attached hydrogens (primary N) is 1. The third-order valence-corrected chi connectivity index (χ3v) is 0.884. The van der Waals surface area contributed by atoms with Crippen molar-refractivity contribution in [1.29, 1.82) is 0 Å². The first-order valence-corrected chi connectivity index (χ1v) is 2.46. The van der Waals surface area contributed by atoms with Gasteiger partial charge in [0.15, 0.2) is 0 Å². The van der Waals surface area contributed by atoms with Crippen LogP contribution in [-0.2, 0) is 0 Å².